The van der Waals surface area contributed by atoms with Crippen LogP contribution in [0.2, 0.25) is 0 Å². The molecule has 0 unspecified atom stereocenters. The Hall–Kier alpha value is -4.24. The van der Waals surface area contributed by atoms with E-state index in [2.05, 4.69) is 82.4 Å². The first-order valence-electron chi connectivity index (χ1n) is 10.2. The molecule has 31 heavy (non-hydrogen) atoms. The Balaban J connectivity index is 1.52. The van der Waals surface area contributed by atoms with Gasteiger partial charge in [0.15, 0.2) is 0 Å². The van der Waals surface area contributed by atoms with Gasteiger partial charge in [0.05, 0.1) is 16.7 Å². The van der Waals surface area contributed by atoms with Crippen LogP contribution in [0, 0.1) is 5.41 Å². The molecule has 0 aliphatic carbocycles. The molecule has 0 radical (unpaired) electrons. The zero-order valence-electron chi connectivity index (χ0n) is 16.9. The van der Waals surface area contributed by atoms with Crippen LogP contribution in [0.5, 0.6) is 0 Å². The minimum Gasteiger partial charge on any atom is -0.309 e. The molecule has 3 nitrogen and oxygen atoms in total. The number of hydrogen-bond acceptors (Lipinski definition) is 2. The Morgan fingerprint density at radius 2 is 1.26 bits per heavy atom. The third-order valence-electron chi connectivity index (χ3n) is 5.39. The van der Waals surface area contributed by atoms with Gasteiger partial charge in [-0.1, -0.05) is 78.9 Å². The summed E-state index contributed by atoms with van der Waals surface area (Å²) >= 11 is 0. The molecule has 0 saturated carbocycles. The van der Waals surface area contributed by atoms with Crippen LogP contribution in [0.3, 0.4) is 0 Å². The largest absolute Gasteiger partial charge is 0.309 e. The predicted octanol–water partition coefficient (Wildman–Crippen LogP) is 6.89. The number of nitrogens with one attached hydrogen (secondary N) is 1. The lowest BCUT2D eigenvalue weighted by Gasteiger charge is -2.08. The molecule has 0 spiro atoms. The van der Waals surface area contributed by atoms with Crippen molar-refractivity contribution in [2.75, 3.05) is 0 Å². The fourth-order valence-electron chi connectivity index (χ4n) is 3.96. The monoisotopic (exact) mass is 399 g/mol. The van der Waals surface area contributed by atoms with Crippen LogP contribution in [0.15, 0.2) is 114 Å². The molecule has 5 rings (SSSR count). The van der Waals surface area contributed by atoms with Crippen LogP contribution >= 0.6 is 0 Å². The standard InChI is InChI=1S/C28H21N3/c29-19-18-26(22-8-2-1-3-9-22)30-20-21-14-16-23(17-15-21)31-27-12-6-4-10-24(27)25-11-5-7-13-28(25)31/h1-20,29H/b26-18-,29-19?,30-20+. The van der Waals surface area contributed by atoms with E-state index in [4.69, 9.17) is 5.41 Å². The first-order valence-corrected chi connectivity index (χ1v) is 10.2. The highest BCUT2D eigenvalue weighted by molar-refractivity contribution is 6.09. The van der Waals surface area contributed by atoms with Crippen molar-refractivity contribution >= 4 is 39.9 Å². The minimum atomic E-state index is 0.766. The molecule has 0 saturated heterocycles. The molecule has 1 heterocycles. The molecule has 3 heteroatoms. The first-order chi connectivity index (χ1) is 15.3. The van der Waals surface area contributed by atoms with E-state index in [-0.39, 0.29) is 0 Å². The van der Waals surface area contributed by atoms with E-state index < -0.39 is 0 Å². The van der Waals surface area contributed by atoms with Gasteiger partial charge in [-0.3, -0.25) is 4.99 Å². The summed E-state index contributed by atoms with van der Waals surface area (Å²) in [5.74, 6) is 0. The van der Waals surface area contributed by atoms with Gasteiger partial charge in [-0.2, -0.15) is 0 Å². The number of hydrogen-bond donors (Lipinski definition) is 1. The average Bonchev–Trinajstić information content (AvgIpc) is 3.17. The summed E-state index contributed by atoms with van der Waals surface area (Å²) in [7, 11) is 0. The van der Waals surface area contributed by atoms with Crippen LogP contribution in [0.25, 0.3) is 33.2 Å². The van der Waals surface area contributed by atoms with E-state index in [1.807, 2.05) is 36.5 Å². The molecule has 0 amide bonds. The van der Waals surface area contributed by atoms with Crippen LogP contribution in [-0.4, -0.2) is 17.0 Å². The maximum atomic E-state index is 7.43. The second-order valence-electron chi connectivity index (χ2n) is 7.30. The number of nitrogens with zero attached hydrogens (tertiary/aromatic N) is 2. The number of aromatic nitrogens is 1. The molecule has 1 N–H and O–H groups in total. The summed E-state index contributed by atoms with van der Waals surface area (Å²) in [6.07, 6.45) is 4.82. The zero-order valence-corrected chi connectivity index (χ0v) is 16.9. The first kappa shape index (κ1) is 18.8. The summed E-state index contributed by atoms with van der Waals surface area (Å²) in [4.78, 5) is 4.62. The lowest BCUT2D eigenvalue weighted by Crippen LogP contribution is -1.94. The highest BCUT2D eigenvalue weighted by Gasteiger charge is 2.10. The molecular formula is C28H21N3. The lowest BCUT2D eigenvalue weighted by molar-refractivity contribution is 1.18. The number of aliphatic imine (C=N–C) groups is 1. The van der Waals surface area contributed by atoms with Gasteiger partial charge in [0, 0.05) is 34.5 Å². The topological polar surface area (TPSA) is 41.1 Å². The molecule has 4 aromatic carbocycles. The Bertz CT molecular complexity index is 1370. The molecular weight excluding hydrogens is 378 g/mol. The molecule has 1 aromatic heterocycles. The second-order valence-corrected chi connectivity index (χ2v) is 7.30. The number of rotatable bonds is 5. The van der Waals surface area contributed by atoms with E-state index in [1.54, 1.807) is 6.08 Å². The van der Waals surface area contributed by atoms with Gasteiger partial charge in [0.2, 0.25) is 0 Å². The van der Waals surface area contributed by atoms with Gasteiger partial charge in [0.1, 0.15) is 0 Å². The van der Waals surface area contributed by atoms with Crippen molar-refractivity contribution in [2.45, 2.75) is 0 Å². The van der Waals surface area contributed by atoms with E-state index in [0.717, 1.165) is 22.5 Å². The predicted molar refractivity (Wildman–Crippen MR) is 132 cm³/mol. The van der Waals surface area contributed by atoms with Crippen molar-refractivity contribution in [1.82, 2.24) is 4.57 Å². The molecule has 0 aliphatic rings. The van der Waals surface area contributed by atoms with E-state index >= 15 is 0 Å². The number of para-hydroxylation sites is 2. The summed E-state index contributed by atoms with van der Waals surface area (Å²) in [5, 5.41) is 9.94. The summed E-state index contributed by atoms with van der Waals surface area (Å²) in [6.45, 7) is 0. The fraction of sp³-hybridized carbons (Fsp3) is 0. The van der Waals surface area contributed by atoms with Crippen LogP contribution in [0.1, 0.15) is 11.1 Å². The Morgan fingerprint density at radius 1 is 0.677 bits per heavy atom. The number of benzene rings is 4. The Morgan fingerprint density at radius 3 is 1.87 bits per heavy atom. The molecule has 148 valence electrons. The normalized spacial score (nSPS) is 12.1. The molecule has 0 atom stereocenters. The third-order valence-corrected chi connectivity index (χ3v) is 5.39. The summed E-state index contributed by atoms with van der Waals surface area (Å²) < 4.78 is 2.30. The van der Waals surface area contributed by atoms with Crippen molar-refractivity contribution in [3.8, 4) is 5.69 Å². The maximum Gasteiger partial charge on any atom is 0.0717 e. The van der Waals surface area contributed by atoms with Crippen LogP contribution in [0.4, 0.5) is 0 Å². The Kier molecular flexibility index (Phi) is 4.99. The van der Waals surface area contributed by atoms with Gasteiger partial charge >= 0.3 is 0 Å². The Labute approximate surface area is 181 Å². The fourth-order valence-corrected chi connectivity index (χ4v) is 3.96. The van der Waals surface area contributed by atoms with Crippen molar-refractivity contribution in [2.24, 2.45) is 4.99 Å². The second kappa shape index (κ2) is 8.25. The van der Waals surface area contributed by atoms with Gasteiger partial charge in [-0.15, -0.1) is 0 Å². The van der Waals surface area contributed by atoms with Crippen molar-refractivity contribution in [3.63, 3.8) is 0 Å². The van der Waals surface area contributed by atoms with E-state index in [0.29, 0.717) is 0 Å². The van der Waals surface area contributed by atoms with Crippen molar-refractivity contribution in [1.29, 1.82) is 5.41 Å². The number of allylic oxidation sites excluding steroid dienone is 1. The van der Waals surface area contributed by atoms with Gasteiger partial charge in [-0.25, -0.2) is 0 Å². The van der Waals surface area contributed by atoms with Gasteiger partial charge in [-0.05, 0) is 35.9 Å². The van der Waals surface area contributed by atoms with Crippen LogP contribution in [-0.2, 0) is 0 Å². The van der Waals surface area contributed by atoms with Gasteiger partial charge < -0.3 is 9.98 Å². The third kappa shape index (κ3) is 3.58. The molecule has 0 aliphatic heterocycles. The van der Waals surface area contributed by atoms with Crippen molar-refractivity contribution < 1.29 is 0 Å². The summed E-state index contributed by atoms with van der Waals surface area (Å²) in [6, 6.07) is 35.4. The van der Waals surface area contributed by atoms with Crippen molar-refractivity contribution in [3.05, 3.63) is 120 Å². The SMILES string of the molecule is N=C/C=C(\N=C\c1ccc(-n2c3ccccc3c3ccccc32)cc1)c1ccccc1. The minimum absolute atomic E-state index is 0.766. The highest BCUT2D eigenvalue weighted by Crippen LogP contribution is 2.31. The average molecular weight is 399 g/mol. The maximum absolute atomic E-state index is 7.43. The molecule has 0 fully saturated rings. The number of fused-ring (bicyclic) bond motifs is 3. The zero-order chi connectivity index (χ0) is 21.0. The molecule has 0 bridgehead atoms. The lowest BCUT2D eigenvalue weighted by atomic mass is 10.1. The van der Waals surface area contributed by atoms with Crippen LogP contribution < -0.4 is 0 Å². The highest BCUT2D eigenvalue weighted by atomic mass is 15.0. The summed E-state index contributed by atoms with van der Waals surface area (Å²) in [5.41, 5.74) is 6.28. The van der Waals surface area contributed by atoms with E-state index in [1.165, 1.54) is 28.0 Å². The molecule has 5 aromatic rings. The van der Waals surface area contributed by atoms with Gasteiger partial charge in [0.25, 0.3) is 0 Å². The quantitative estimate of drug-likeness (QED) is 0.313. The van der Waals surface area contributed by atoms with E-state index in [9.17, 15) is 0 Å². The smallest absolute Gasteiger partial charge is 0.0717 e.